The SMILES string of the molecule is C[C@H]1CCOC[C@@H]1n1nc2c3cccc(Cl)c3n(Cc3ccc(-n4cccn4)cc3)nc-2c1=O. The lowest BCUT2D eigenvalue weighted by atomic mass is 9.97. The number of halogens is 1. The van der Waals surface area contributed by atoms with Crippen LogP contribution in [-0.2, 0) is 11.3 Å². The molecule has 0 amide bonds. The van der Waals surface area contributed by atoms with Gasteiger partial charge in [-0.15, -0.1) is 0 Å². The minimum Gasteiger partial charge on any atom is -0.379 e. The third kappa shape index (κ3) is 3.50. The Bertz CT molecular complexity index is 1490. The highest BCUT2D eigenvalue weighted by atomic mass is 35.5. The van der Waals surface area contributed by atoms with Gasteiger partial charge in [0.1, 0.15) is 5.69 Å². The number of aromatic nitrogens is 6. The quantitative estimate of drug-likeness (QED) is 0.390. The Morgan fingerprint density at radius 1 is 1.09 bits per heavy atom. The Kier molecular flexibility index (Phi) is 5.19. The molecule has 34 heavy (non-hydrogen) atoms. The predicted octanol–water partition coefficient (Wildman–Crippen LogP) is 4.18. The lowest BCUT2D eigenvalue weighted by Crippen LogP contribution is -2.34. The van der Waals surface area contributed by atoms with Crippen molar-refractivity contribution >= 4 is 22.5 Å². The Morgan fingerprint density at radius 2 is 1.94 bits per heavy atom. The van der Waals surface area contributed by atoms with Crippen LogP contribution in [0.15, 0.2) is 65.7 Å². The van der Waals surface area contributed by atoms with Gasteiger partial charge in [0.05, 0.1) is 35.4 Å². The largest absolute Gasteiger partial charge is 0.379 e. The van der Waals surface area contributed by atoms with Crippen molar-refractivity contribution in [2.75, 3.05) is 13.2 Å². The second kappa shape index (κ2) is 8.38. The van der Waals surface area contributed by atoms with Gasteiger partial charge >= 0.3 is 0 Å². The summed E-state index contributed by atoms with van der Waals surface area (Å²) < 4.78 is 10.8. The van der Waals surface area contributed by atoms with Crippen LogP contribution in [0.5, 0.6) is 0 Å². The first-order valence-electron chi connectivity index (χ1n) is 11.3. The molecule has 9 heteroatoms. The van der Waals surface area contributed by atoms with Crippen molar-refractivity contribution in [3.8, 4) is 17.1 Å². The summed E-state index contributed by atoms with van der Waals surface area (Å²) in [6.07, 6.45) is 4.55. The Balaban J connectivity index is 1.46. The summed E-state index contributed by atoms with van der Waals surface area (Å²) in [7, 11) is 0. The van der Waals surface area contributed by atoms with Gasteiger partial charge in [-0.25, -0.2) is 9.36 Å². The van der Waals surface area contributed by atoms with Gasteiger partial charge < -0.3 is 4.74 Å². The normalized spacial score (nSPS) is 18.6. The van der Waals surface area contributed by atoms with Crippen molar-refractivity contribution < 1.29 is 4.74 Å². The zero-order chi connectivity index (χ0) is 23.2. The molecule has 0 saturated carbocycles. The molecule has 1 aromatic heterocycles. The van der Waals surface area contributed by atoms with Crippen LogP contribution < -0.4 is 5.56 Å². The lowest BCUT2D eigenvalue weighted by molar-refractivity contribution is 0.0227. The zero-order valence-electron chi connectivity index (χ0n) is 18.6. The Morgan fingerprint density at radius 3 is 2.71 bits per heavy atom. The van der Waals surface area contributed by atoms with E-state index in [-0.39, 0.29) is 11.6 Å². The van der Waals surface area contributed by atoms with E-state index >= 15 is 0 Å². The summed E-state index contributed by atoms with van der Waals surface area (Å²) in [6, 6.07) is 15.5. The van der Waals surface area contributed by atoms with Crippen LogP contribution in [0.3, 0.4) is 0 Å². The van der Waals surface area contributed by atoms with E-state index in [4.69, 9.17) is 26.5 Å². The van der Waals surface area contributed by atoms with Crippen molar-refractivity contribution in [1.29, 1.82) is 0 Å². The van der Waals surface area contributed by atoms with Crippen molar-refractivity contribution in [1.82, 2.24) is 29.3 Å². The van der Waals surface area contributed by atoms with E-state index in [1.807, 2.05) is 59.4 Å². The molecule has 0 radical (unpaired) electrons. The standard InChI is InChI=1S/C25H23ClN6O2/c1-16-10-13-34-15-21(16)32-25(33)23-22(29-32)19-4-2-5-20(26)24(19)31(28-23)14-17-6-8-18(9-7-17)30-12-3-11-27-30/h2-9,11-12,16,21H,10,13-15H2,1H3/t16-,21-/m0/s1. The second-order valence-corrected chi connectivity index (χ2v) is 9.17. The summed E-state index contributed by atoms with van der Waals surface area (Å²) in [6.45, 7) is 3.78. The van der Waals surface area contributed by atoms with Crippen LogP contribution in [0.1, 0.15) is 24.9 Å². The molecule has 0 bridgehead atoms. The number of nitrogens with zero attached hydrogens (tertiary/aromatic N) is 6. The molecular formula is C25H23ClN6O2. The number of para-hydroxylation sites is 1. The molecule has 1 saturated heterocycles. The van der Waals surface area contributed by atoms with E-state index in [2.05, 4.69) is 12.0 Å². The van der Waals surface area contributed by atoms with Gasteiger partial charge in [-0.05, 0) is 42.2 Å². The van der Waals surface area contributed by atoms with Crippen LogP contribution in [-0.4, -0.2) is 42.6 Å². The van der Waals surface area contributed by atoms with E-state index in [1.165, 1.54) is 0 Å². The minimum absolute atomic E-state index is 0.104. The van der Waals surface area contributed by atoms with Gasteiger partial charge in [-0.1, -0.05) is 42.8 Å². The molecule has 4 heterocycles. The molecule has 2 aromatic carbocycles. The smallest absolute Gasteiger partial charge is 0.297 e. The number of ether oxygens (including phenoxy) is 1. The predicted molar refractivity (Wildman–Crippen MR) is 130 cm³/mol. The molecule has 6 rings (SSSR count). The van der Waals surface area contributed by atoms with Gasteiger partial charge in [0.15, 0.2) is 5.69 Å². The molecule has 172 valence electrons. The van der Waals surface area contributed by atoms with Gasteiger partial charge in [-0.3, -0.25) is 9.48 Å². The van der Waals surface area contributed by atoms with Crippen molar-refractivity contribution in [3.63, 3.8) is 0 Å². The molecule has 3 aromatic rings. The summed E-state index contributed by atoms with van der Waals surface area (Å²) >= 11 is 6.63. The number of benzene rings is 2. The second-order valence-electron chi connectivity index (χ2n) is 8.77. The van der Waals surface area contributed by atoms with E-state index < -0.39 is 0 Å². The first-order chi connectivity index (χ1) is 16.6. The summed E-state index contributed by atoms with van der Waals surface area (Å²) in [5.74, 6) is 0.297. The molecular weight excluding hydrogens is 452 g/mol. The maximum atomic E-state index is 13.4. The fourth-order valence-electron chi connectivity index (χ4n) is 4.65. The van der Waals surface area contributed by atoms with Crippen LogP contribution in [0.2, 0.25) is 5.02 Å². The fraction of sp³-hybridized carbons (Fsp3) is 0.280. The minimum atomic E-state index is -0.193. The lowest BCUT2D eigenvalue weighted by Gasteiger charge is -2.28. The van der Waals surface area contributed by atoms with Crippen LogP contribution in [0, 0.1) is 5.92 Å². The van der Waals surface area contributed by atoms with E-state index in [0.29, 0.717) is 42.1 Å². The van der Waals surface area contributed by atoms with Crippen LogP contribution in [0.25, 0.3) is 28.0 Å². The van der Waals surface area contributed by atoms with Crippen LogP contribution in [0.4, 0.5) is 0 Å². The van der Waals surface area contributed by atoms with Gasteiger partial charge in [0.2, 0.25) is 0 Å². The molecule has 1 fully saturated rings. The first-order valence-corrected chi connectivity index (χ1v) is 11.7. The Labute approximate surface area is 200 Å². The topological polar surface area (TPSA) is 79.8 Å². The highest BCUT2D eigenvalue weighted by molar-refractivity contribution is 6.35. The summed E-state index contributed by atoms with van der Waals surface area (Å²) in [5.41, 5.74) is 3.48. The van der Waals surface area contributed by atoms with Crippen LogP contribution >= 0.6 is 11.6 Å². The van der Waals surface area contributed by atoms with Gasteiger partial charge in [0, 0.05) is 24.4 Å². The third-order valence-corrected chi connectivity index (χ3v) is 6.88. The molecule has 0 unspecified atom stereocenters. The molecule has 0 aliphatic carbocycles. The third-order valence-electron chi connectivity index (χ3n) is 6.58. The molecule has 0 N–H and O–H groups in total. The fourth-order valence-corrected chi connectivity index (χ4v) is 4.92. The van der Waals surface area contributed by atoms with Crippen molar-refractivity contribution in [2.24, 2.45) is 5.92 Å². The van der Waals surface area contributed by atoms with Gasteiger partial charge in [0.25, 0.3) is 5.56 Å². The summed E-state index contributed by atoms with van der Waals surface area (Å²) in [5, 5.41) is 15.1. The number of rotatable bonds is 4. The monoisotopic (exact) mass is 474 g/mol. The molecule has 3 aliphatic rings. The highest BCUT2D eigenvalue weighted by Gasteiger charge is 2.31. The van der Waals surface area contributed by atoms with Crippen molar-refractivity contribution in [2.45, 2.75) is 25.9 Å². The van der Waals surface area contributed by atoms with Crippen molar-refractivity contribution in [3.05, 3.63) is 81.9 Å². The maximum Gasteiger partial charge on any atom is 0.297 e. The zero-order valence-corrected chi connectivity index (χ0v) is 19.4. The number of hydrogen-bond acceptors (Lipinski definition) is 5. The molecule has 2 atom stereocenters. The first kappa shape index (κ1) is 21.1. The number of fused-ring (bicyclic) bond motifs is 3. The van der Waals surface area contributed by atoms with E-state index in [9.17, 15) is 4.79 Å². The average Bonchev–Trinajstić information content (AvgIpc) is 3.49. The van der Waals surface area contributed by atoms with E-state index in [1.54, 1.807) is 15.6 Å². The summed E-state index contributed by atoms with van der Waals surface area (Å²) in [4.78, 5) is 13.4. The highest BCUT2D eigenvalue weighted by Crippen LogP contribution is 2.32. The average molecular weight is 475 g/mol. The van der Waals surface area contributed by atoms with E-state index in [0.717, 1.165) is 28.6 Å². The molecule has 8 nitrogen and oxygen atoms in total. The Hall–Kier alpha value is -3.49. The maximum absolute atomic E-state index is 13.4. The molecule has 3 aliphatic heterocycles. The van der Waals surface area contributed by atoms with Gasteiger partial charge in [-0.2, -0.15) is 15.3 Å². The number of hydrogen-bond donors (Lipinski definition) is 0. The molecule has 0 spiro atoms.